The Morgan fingerprint density at radius 3 is 2.44 bits per heavy atom. The highest BCUT2D eigenvalue weighted by Crippen LogP contribution is 2.41. The average Bonchev–Trinajstić information content (AvgIpc) is 2.56. The predicted octanol–water partition coefficient (Wildman–Crippen LogP) is 5.18. The highest BCUT2D eigenvalue weighted by Gasteiger charge is 2.32. The Morgan fingerprint density at radius 1 is 1.31 bits per heavy atom. The summed E-state index contributed by atoms with van der Waals surface area (Å²) < 4.78 is 17.9. The molecule has 16 heavy (non-hydrogen) atoms. The summed E-state index contributed by atoms with van der Waals surface area (Å²) >= 11 is 7.12. The molecule has 0 bridgehead atoms. The first-order valence-electron chi connectivity index (χ1n) is 5.86. The smallest absolute Gasteiger partial charge is 0.184 e. The fraction of sp³-hybridized carbons (Fsp3) is 0.750. The van der Waals surface area contributed by atoms with Gasteiger partial charge in [-0.25, -0.2) is 0 Å². The third-order valence-corrected chi connectivity index (χ3v) is 4.11. The fourth-order valence-electron chi connectivity index (χ4n) is 2.23. The van der Waals surface area contributed by atoms with E-state index in [2.05, 4.69) is 25.1 Å². The molecule has 92 valence electrons. The third-order valence-electron chi connectivity index (χ3n) is 3.10. The van der Waals surface area contributed by atoms with E-state index in [0.717, 1.165) is 43.6 Å². The maximum absolute atomic E-state index is 13.7. The minimum absolute atomic E-state index is 0.154. The zero-order valence-electron chi connectivity index (χ0n) is 10.1. The van der Waals surface area contributed by atoms with E-state index in [0.29, 0.717) is 9.90 Å². The summed E-state index contributed by atoms with van der Waals surface area (Å²) in [5.74, 6) is -0.373. The van der Waals surface area contributed by atoms with E-state index in [1.54, 1.807) is 0 Å². The van der Waals surface area contributed by atoms with Crippen LogP contribution in [0.3, 0.4) is 0 Å². The quantitative estimate of drug-likeness (QED) is 0.689. The van der Waals surface area contributed by atoms with Gasteiger partial charge in [0.1, 0.15) is 4.34 Å². The van der Waals surface area contributed by atoms with Gasteiger partial charge in [-0.1, -0.05) is 51.6 Å². The standard InChI is InChI=1S/C12H19ClFNS/c1-4-6-8-12(3,7-5-2)9-10(13)16-15-11(9)14/h4-8H2,1-3H3. The van der Waals surface area contributed by atoms with Crippen molar-refractivity contribution in [1.82, 2.24) is 4.37 Å². The molecule has 4 heteroatoms. The van der Waals surface area contributed by atoms with Gasteiger partial charge in [-0.05, 0) is 29.8 Å². The van der Waals surface area contributed by atoms with Gasteiger partial charge in [-0.15, -0.1) is 0 Å². The highest BCUT2D eigenvalue weighted by molar-refractivity contribution is 7.10. The van der Waals surface area contributed by atoms with Crippen LogP contribution < -0.4 is 0 Å². The van der Waals surface area contributed by atoms with Crippen LogP contribution in [0.5, 0.6) is 0 Å². The predicted molar refractivity (Wildman–Crippen MR) is 68.9 cm³/mol. The second-order valence-electron chi connectivity index (χ2n) is 4.54. The normalized spacial score (nSPS) is 15.1. The van der Waals surface area contributed by atoms with Gasteiger partial charge >= 0.3 is 0 Å². The summed E-state index contributed by atoms with van der Waals surface area (Å²) in [6.45, 7) is 6.37. The molecule has 1 rings (SSSR count). The molecule has 0 saturated carbocycles. The Balaban J connectivity index is 3.00. The van der Waals surface area contributed by atoms with E-state index >= 15 is 0 Å². The topological polar surface area (TPSA) is 12.9 Å². The molecule has 1 aromatic heterocycles. The lowest BCUT2D eigenvalue weighted by Gasteiger charge is -2.28. The first-order chi connectivity index (χ1) is 7.55. The van der Waals surface area contributed by atoms with Crippen LogP contribution in [0.1, 0.15) is 58.4 Å². The molecule has 0 N–H and O–H groups in total. The summed E-state index contributed by atoms with van der Waals surface area (Å²) in [4.78, 5) is 0. The number of hydrogen-bond donors (Lipinski definition) is 0. The molecule has 1 unspecified atom stereocenters. The lowest BCUT2D eigenvalue weighted by atomic mass is 9.76. The summed E-state index contributed by atoms with van der Waals surface area (Å²) in [7, 11) is 0. The van der Waals surface area contributed by atoms with Crippen molar-refractivity contribution in [2.24, 2.45) is 0 Å². The van der Waals surface area contributed by atoms with Crippen LogP contribution in [-0.4, -0.2) is 4.37 Å². The van der Waals surface area contributed by atoms with Gasteiger partial charge in [0, 0.05) is 5.56 Å². The largest absolute Gasteiger partial charge is 0.229 e. The zero-order valence-corrected chi connectivity index (χ0v) is 11.7. The highest BCUT2D eigenvalue weighted by atomic mass is 35.5. The van der Waals surface area contributed by atoms with Crippen molar-refractivity contribution in [3.63, 3.8) is 0 Å². The number of unbranched alkanes of at least 4 members (excludes halogenated alkanes) is 1. The van der Waals surface area contributed by atoms with Crippen molar-refractivity contribution in [3.05, 3.63) is 15.8 Å². The van der Waals surface area contributed by atoms with Crippen molar-refractivity contribution in [3.8, 4) is 0 Å². The summed E-state index contributed by atoms with van der Waals surface area (Å²) in [5, 5.41) is 0. The maximum Gasteiger partial charge on any atom is 0.229 e. The Hall–Kier alpha value is -0.150. The Bertz CT molecular complexity index is 320. The average molecular weight is 264 g/mol. The molecule has 1 heterocycles. The molecular weight excluding hydrogens is 245 g/mol. The molecule has 0 aliphatic heterocycles. The van der Waals surface area contributed by atoms with Crippen LogP contribution in [-0.2, 0) is 5.41 Å². The molecular formula is C12H19ClFNS. The van der Waals surface area contributed by atoms with E-state index in [1.807, 2.05) is 0 Å². The van der Waals surface area contributed by atoms with Crippen molar-refractivity contribution in [2.45, 2.75) is 58.3 Å². The fourth-order valence-corrected chi connectivity index (χ4v) is 3.32. The van der Waals surface area contributed by atoms with Crippen LogP contribution in [0.15, 0.2) is 0 Å². The molecule has 1 atom stereocenters. The zero-order chi connectivity index (χ0) is 12.2. The van der Waals surface area contributed by atoms with E-state index < -0.39 is 0 Å². The molecule has 0 aromatic carbocycles. The van der Waals surface area contributed by atoms with E-state index in [9.17, 15) is 4.39 Å². The lowest BCUT2D eigenvalue weighted by molar-refractivity contribution is 0.366. The Morgan fingerprint density at radius 2 is 2.00 bits per heavy atom. The number of hydrogen-bond acceptors (Lipinski definition) is 2. The van der Waals surface area contributed by atoms with Crippen LogP contribution in [0, 0.1) is 5.95 Å². The number of nitrogens with zero attached hydrogens (tertiary/aromatic N) is 1. The number of aromatic nitrogens is 1. The molecule has 1 aromatic rings. The first kappa shape index (κ1) is 13.9. The third kappa shape index (κ3) is 2.95. The molecule has 0 saturated heterocycles. The van der Waals surface area contributed by atoms with Crippen molar-refractivity contribution < 1.29 is 4.39 Å². The van der Waals surface area contributed by atoms with Crippen LogP contribution in [0.25, 0.3) is 0 Å². The van der Waals surface area contributed by atoms with Crippen LogP contribution in [0.4, 0.5) is 4.39 Å². The number of rotatable bonds is 6. The Kier molecular flexibility index (Phi) is 5.19. The lowest BCUT2D eigenvalue weighted by Crippen LogP contribution is -2.23. The Labute approximate surface area is 106 Å². The second kappa shape index (κ2) is 5.97. The maximum atomic E-state index is 13.7. The van der Waals surface area contributed by atoms with E-state index in [-0.39, 0.29) is 11.4 Å². The van der Waals surface area contributed by atoms with Gasteiger partial charge in [0.2, 0.25) is 5.95 Å². The van der Waals surface area contributed by atoms with Crippen LogP contribution in [0.2, 0.25) is 4.34 Å². The summed E-state index contributed by atoms with van der Waals surface area (Å²) in [6, 6.07) is 0. The molecule has 0 fully saturated rings. The van der Waals surface area contributed by atoms with Gasteiger partial charge in [-0.2, -0.15) is 8.76 Å². The molecule has 0 aliphatic carbocycles. The summed E-state index contributed by atoms with van der Waals surface area (Å²) in [6.07, 6.45) is 5.19. The van der Waals surface area contributed by atoms with Gasteiger partial charge in [0.15, 0.2) is 0 Å². The van der Waals surface area contributed by atoms with Crippen molar-refractivity contribution >= 4 is 23.1 Å². The van der Waals surface area contributed by atoms with E-state index in [1.165, 1.54) is 0 Å². The first-order valence-corrected chi connectivity index (χ1v) is 7.01. The second-order valence-corrected chi connectivity index (χ2v) is 5.91. The van der Waals surface area contributed by atoms with Gasteiger partial charge < -0.3 is 0 Å². The monoisotopic (exact) mass is 263 g/mol. The molecule has 0 aliphatic rings. The molecule has 1 nitrogen and oxygen atoms in total. The van der Waals surface area contributed by atoms with Gasteiger partial charge in [-0.3, -0.25) is 0 Å². The minimum Gasteiger partial charge on any atom is -0.184 e. The van der Waals surface area contributed by atoms with Crippen LogP contribution >= 0.6 is 23.1 Å². The van der Waals surface area contributed by atoms with Crippen molar-refractivity contribution in [2.75, 3.05) is 0 Å². The molecule has 0 amide bonds. The minimum atomic E-state index is -0.373. The van der Waals surface area contributed by atoms with Gasteiger partial charge in [0.25, 0.3) is 0 Å². The van der Waals surface area contributed by atoms with Gasteiger partial charge in [0.05, 0.1) is 0 Å². The molecule has 0 spiro atoms. The number of halogens is 2. The summed E-state index contributed by atoms with van der Waals surface area (Å²) in [5.41, 5.74) is 0.480. The van der Waals surface area contributed by atoms with E-state index in [4.69, 9.17) is 11.6 Å². The van der Waals surface area contributed by atoms with Crippen molar-refractivity contribution in [1.29, 1.82) is 0 Å². The molecule has 0 radical (unpaired) electrons. The SMILES string of the molecule is CCCCC(C)(CCC)c1c(F)nsc1Cl.